The number of nitrogens with zero attached hydrogens (tertiary/aromatic N) is 4. The van der Waals surface area contributed by atoms with Gasteiger partial charge in [0.05, 0.1) is 30.7 Å². The highest BCUT2D eigenvalue weighted by Gasteiger charge is 2.30. The molecule has 0 bridgehead atoms. The van der Waals surface area contributed by atoms with E-state index in [0.717, 1.165) is 16.8 Å². The van der Waals surface area contributed by atoms with Gasteiger partial charge in [-0.1, -0.05) is 29.5 Å². The van der Waals surface area contributed by atoms with E-state index in [1.165, 1.54) is 32.0 Å². The summed E-state index contributed by atoms with van der Waals surface area (Å²) in [6.45, 7) is 5.44. The van der Waals surface area contributed by atoms with E-state index in [0.29, 0.717) is 39.1 Å². The average molecular weight is 519 g/mol. The Hall–Kier alpha value is -4.12. The predicted molar refractivity (Wildman–Crippen MR) is 143 cm³/mol. The second kappa shape index (κ2) is 9.74. The third-order valence-corrected chi connectivity index (χ3v) is 7.26. The molecule has 1 aliphatic rings. The topological polar surface area (TPSA) is 120 Å². The Labute approximate surface area is 217 Å². The number of amides is 2. The molecule has 4 aromatic rings. The lowest BCUT2D eigenvalue weighted by Crippen LogP contribution is -2.27. The van der Waals surface area contributed by atoms with Gasteiger partial charge in [0, 0.05) is 24.8 Å². The van der Waals surface area contributed by atoms with Crippen molar-refractivity contribution in [1.29, 1.82) is 0 Å². The van der Waals surface area contributed by atoms with Gasteiger partial charge in [0.1, 0.15) is 11.1 Å². The van der Waals surface area contributed by atoms with Crippen LogP contribution in [0.1, 0.15) is 30.5 Å². The number of hydrogen-bond acceptors (Lipinski definition) is 7. The minimum absolute atomic E-state index is 0.0752. The van der Waals surface area contributed by atoms with Crippen LogP contribution in [0.5, 0.6) is 5.75 Å². The number of nitrogens with one attached hydrogen (secondary N) is 2. The molecule has 3 heterocycles. The van der Waals surface area contributed by atoms with Crippen molar-refractivity contribution < 1.29 is 14.3 Å². The van der Waals surface area contributed by atoms with Crippen molar-refractivity contribution in [3.05, 3.63) is 64.1 Å². The van der Waals surface area contributed by atoms with E-state index in [2.05, 4.69) is 21.8 Å². The smallest absolute Gasteiger partial charge is 0.265 e. The molecule has 190 valence electrons. The monoisotopic (exact) mass is 518 g/mol. The van der Waals surface area contributed by atoms with Crippen LogP contribution < -0.4 is 20.9 Å². The lowest BCUT2D eigenvalue weighted by molar-refractivity contribution is -0.117. The van der Waals surface area contributed by atoms with E-state index >= 15 is 0 Å². The molecule has 0 saturated heterocycles. The first-order valence-electron chi connectivity index (χ1n) is 11.7. The molecule has 0 aliphatic carbocycles. The quantitative estimate of drug-likeness (QED) is 0.372. The van der Waals surface area contributed by atoms with Crippen molar-refractivity contribution in [2.45, 2.75) is 38.4 Å². The fraction of sp³-hybridized carbons (Fsp3) is 0.269. The number of thioether (sulfide) groups is 1. The molecule has 0 radical (unpaired) electrons. The third kappa shape index (κ3) is 4.69. The molecule has 1 unspecified atom stereocenters. The highest BCUT2D eigenvalue weighted by atomic mass is 32.2. The number of ether oxygens (including phenoxy) is 1. The van der Waals surface area contributed by atoms with Crippen LogP contribution in [-0.2, 0) is 9.59 Å². The zero-order valence-corrected chi connectivity index (χ0v) is 21.7. The van der Waals surface area contributed by atoms with Crippen molar-refractivity contribution in [2.75, 3.05) is 23.5 Å². The van der Waals surface area contributed by atoms with E-state index in [9.17, 15) is 14.4 Å². The van der Waals surface area contributed by atoms with Crippen LogP contribution in [0.15, 0.2) is 52.5 Å². The normalized spacial score (nSPS) is 14.4. The molecular formula is C26H26N6O4S. The van der Waals surface area contributed by atoms with E-state index in [4.69, 9.17) is 9.72 Å². The number of benzene rings is 2. The summed E-state index contributed by atoms with van der Waals surface area (Å²) in [5, 5.41) is 11.0. The molecule has 2 aromatic carbocycles. The first-order valence-corrected chi connectivity index (χ1v) is 12.7. The Morgan fingerprint density at radius 3 is 2.70 bits per heavy atom. The van der Waals surface area contributed by atoms with Crippen LogP contribution in [0.3, 0.4) is 0 Å². The Kier molecular flexibility index (Phi) is 6.46. The second-order valence-electron chi connectivity index (χ2n) is 8.97. The Morgan fingerprint density at radius 2 is 1.97 bits per heavy atom. The number of carbonyl (C=O) groups excluding carboxylic acids is 2. The number of aromatic nitrogens is 4. The Bertz CT molecular complexity index is 1610. The van der Waals surface area contributed by atoms with E-state index in [1.54, 1.807) is 27.4 Å². The maximum Gasteiger partial charge on any atom is 0.265 e. The summed E-state index contributed by atoms with van der Waals surface area (Å²) in [5.41, 5.74) is 4.29. The minimum atomic E-state index is -0.363. The first kappa shape index (κ1) is 24.6. The van der Waals surface area contributed by atoms with E-state index in [-0.39, 0.29) is 29.8 Å². The van der Waals surface area contributed by atoms with Gasteiger partial charge in [0.15, 0.2) is 10.8 Å². The lowest BCUT2D eigenvalue weighted by Gasteiger charge is -2.15. The van der Waals surface area contributed by atoms with Gasteiger partial charge in [0.25, 0.3) is 5.56 Å². The molecule has 0 spiro atoms. The number of carbonyl (C=O) groups is 2. The van der Waals surface area contributed by atoms with Crippen LogP contribution >= 0.6 is 11.8 Å². The summed E-state index contributed by atoms with van der Waals surface area (Å²) < 4.78 is 8.63. The summed E-state index contributed by atoms with van der Waals surface area (Å²) in [4.78, 5) is 42.6. The summed E-state index contributed by atoms with van der Waals surface area (Å²) in [6, 6.07) is 10.7. The molecule has 0 saturated carbocycles. The largest absolute Gasteiger partial charge is 0.495 e. The van der Waals surface area contributed by atoms with Gasteiger partial charge in [-0.05, 0) is 43.7 Å². The predicted octanol–water partition coefficient (Wildman–Crippen LogP) is 3.84. The van der Waals surface area contributed by atoms with Crippen LogP contribution in [-0.4, -0.2) is 44.0 Å². The maximum absolute atomic E-state index is 13.5. The van der Waals surface area contributed by atoms with Gasteiger partial charge in [-0.15, -0.1) is 0 Å². The highest BCUT2D eigenvalue weighted by Crippen LogP contribution is 2.34. The summed E-state index contributed by atoms with van der Waals surface area (Å²) in [6.07, 6.45) is 1.61. The Morgan fingerprint density at radius 1 is 1.16 bits per heavy atom. The Balaban J connectivity index is 1.42. The minimum Gasteiger partial charge on any atom is -0.495 e. The molecule has 1 atom stereocenters. The highest BCUT2D eigenvalue weighted by molar-refractivity contribution is 7.99. The van der Waals surface area contributed by atoms with Gasteiger partial charge >= 0.3 is 0 Å². The zero-order valence-electron chi connectivity index (χ0n) is 20.9. The number of rotatable bonds is 6. The average Bonchev–Trinajstić information content (AvgIpc) is 3.44. The maximum atomic E-state index is 13.5. The molecule has 2 amide bonds. The molecule has 1 aliphatic heterocycles. The van der Waals surface area contributed by atoms with Gasteiger partial charge in [-0.3, -0.25) is 19.0 Å². The van der Waals surface area contributed by atoms with Gasteiger partial charge in [0.2, 0.25) is 11.8 Å². The second-order valence-corrected chi connectivity index (χ2v) is 9.95. The summed E-state index contributed by atoms with van der Waals surface area (Å²) >= 11 is 1.44. The van der Waals surface area contributed by atoms with Crippen molar-refractivity contribution in [3.63, 3.8) is 0 Å². The zero-order chi connectivity index (χ0) is 26.3. The fourth-order valence-electron chi connectivity index (χ4n) is 4.50. The van der Waals surface area contributed by atoms with Crippen LogP contribution in [0.4, 0.5) is 11.4 Å². The molecule has 11 heteroatoms. The molecule has 37 heavy (non-hydrogen) atoms. The molecule has 2 aromatic heterocycles. The number of hydrogen-bond donors (Lipinski definition) is 2. The molecular weight excluding hydrogens is 492 g/mol. The number of fused-ring (bicyclic) bond motifs is 2. The van der Waals surface area contributed by atoms with Crippen molar-refractivity contribution in [3.8, 4) is 11.4 Å². The van der Waals surface area contributed by atoms with Crippen LogP contribution in [0.25, 0.3) is 16.7 Å². The molecule has 0 fully saturated rings. The van der Waals surface area contributed by atoms with Crippen LogP contribution in [0, 0.1) is 13.8 Å². The van der Waals surface area contributed by atoms with E-state index in [1.807, 2.05) is 26.0 Å². The van der Waals surface area contributed by atoms with Gasteiger partial charge in [-0.25, -0.2) is 9.67 Å². The summed E-state index contributed by atoms with van der Waals surface area (Å²) in [7, 11) is 1.50. The third-order valence-electron chi connectivity index (χ3n) is 6.17. The molecule has 2 N–H and O–H groups in total. The summed E-state index contributed by atoms with van der Waals surface area (Å²) in [5.74, 6) is 0.501. The van der Waals surface area contributed by atoms with Crippen molar-refractivity contribution >= 4 is 46.0 Å². The van der Waals surface area contributed by atoms with Crippen molar-refractivity contribution in [2.24, 2.45) is 0 Å². The van der Waals surface area contributed by atoms with Crippen LogP contribution in [0.2, 0.25) is 0 Å². The standard InChI is InChI=1S/C26H26N6O4S/c1-14-5-7-21(15(2)9-14)32-24-19(12-27-32)25(35)31-18(13-37-26(31)30-24)11-23(34)29-20-10-17(28-16(3)33)6-8-22(20)36-4/h5-10,12,18H,11,13H2,1-4H3,(H,28,33)(H,29,34). The molecule has 5 rings (SSSR count). The number of methoxy groups -OCH3 is 1. The number of aryl methyl sites for hydroxylation is 2. The van der Waals surface area contributed by atoms with Gasteiger partial charge in [-0.2, -0.15) is 5.10 Å². The van der Waals surface area contributed by atoms with Crippen molar-refractivity contribution in [1.82, 2.24) is 19.3 Å². The molecule has 10 nitrogen and oxygen atoms in total. The lowest BCUT2D eigenvalue weighted by atomic mass is 10.1. The fourth-order valence-corrected chi connectivity index (χ4v) is 5.63. The SMILES string of the molecule is COc1ccc(NC(C)=O)cc1NC(=O)CC1CSc2nc3c(cnn3-c3ccc(C)cc3C)c(=O)n21. The number of anilines is 2. The van der Waals surface area contributed by atoms with Gasteiger partial charge < -0.3 is 15.4 Å². The first-order chi connectivity index (χ1) is 17.7. The van der Waals surface area contributed by atoms with E-state index < -0.39 is 0 Å².